The molecule has 0 aromatic rings. The molecule has 116 valence electrons. The molecular weight excluding hydrogens is 256 g/mol. The van der Waals surface area contributed by atoms with Gasteiger partial charge in [0, 0.05) is 11.1 Å². The van der Waals surface area contributed by atoms with E-state index in [1.807, 2.05) is 41.5 Å². The van der Waals surface area contributed by atoms with Gasteiger partial charge in [-0.2, -0.15) is 0 Å². The summed E-state index contributed by atoms with van der Waals surface area (Å²) in [5.41, 5.74) is 0.744. The van der Waals surface area contributed by atoms with Gasteiger partial charge in [-0.1, -0.05) is 41.5 Å². The van der Waals surface area contributed by atoms with Gasteiger partial charge >= 0.3 is 11.9 Å². The predicted molar refractivity (Wildman–Crippen MR) is 79.1 cm³/mol. The Balaban J connectivity index is 4.97. The first-order valence-corrected chi connectivity index (χ1v) is 7.21. The maximum atomic E-state index is 12.1. The van der Waals surface area contributed by atoms with Gasteiger partial charge in [-0.3, -0.25) is 0 Å². The van der Waals surface area contributed by atoms with Crippen LogP contribution in [0.4, 0.5) is 0 Å². The van der Waals surface area contributed by atoms with Crippen molar-refractivity contribution in [1.29, 1.82) is 0 Å². The molecule has 0 N–H and O–H groups in total. The van der Waals surface area contributed by atoms with Crippen LogP contribution in [0.1, 0.15) is 48.5 Å². The van der Waals surface area contributed by atoms with Crippen LogP contribution in [0.15, 0.2) is 11.1 Å². The minimum atomic E-state index is -0.441. The SMILES string of the molecule is CC(C(=O)OCC(C)C)=C(C(=O)OCC(C)C)C(C)C. The van der Waals surface area contributed by atoms with Gasteiger partial charge in [0.05, 0.1) is 13.2 Å². The summed E-state index contributed by atoms with van der Waals surface area (Å²) < 4.78 is 10.4. The van der Waals surface area contributed by atoms with Crippen molar-refractivity contribution in [1.82, 2.24) is 0 Å². The molecule has 0 aliphatic heterocycles. The zero-order valence-corrected chi connectivity index (χ0v) is 13.8. The summed E-state index contributed by atoms with van der Waals surface area (Å²) >= 11 is 0. The van der Waals surface area contributed by atoms with Crippen LogP contribution in [0.3, 0.4) is 0 Å². The molecule has 0 fully saturated rings. The molecule has 0 aliphatic rings. The third-order valence-electron chi connectivity index (χ3n) is 2.60. The van der Waals surface area contributed by atoms with E-state index >= 15 is 0 Å². The maximum absolute atomic E-state index is 12.1. The Labute approximate surface area is 122 Å². The fourth-order valence-corrected chi connectivity index (χ4v) is 1.60. The Hall–Kier alpha value is -1.32. The number of carbonyl (C=O) groups is 2. The standard InChI is InChI=1S/C16H28O4/c1-10(2)8-19-15(17)13(7)14(12(5)6)16(18)20-9-11(3)4/h10-12H,8-9H2,1-7H3. The smallest absolute Gasteiger partial charge is 0.334 e. The number of hydrogen-bond acceptors (Lipinski definition) is 4. The Morgan fingerprint density at radius 2 is 1.20 bits per heavy atom. The quantitative estimate of drug-likeness (QED) is 0.531. The van der Waals surface area contributed by atoms with E-state index < -0.39 is 11.9 Å². The van der Waals surface area contributed by atoms with Crippen LogP contribution in [0.2, 0.25) is 0 Å². The summed E-state index contributed by atoms with van der Waals surface area (Å²) in [6.07, 6.45) is 0. The van der Waals surface area contributed by atoms with Crippen LogP contribution in [0.5, 0.6) is 0 Å². The van der Waals surface area contributed by atoms with Gasteiger partial charge in [0.15, 0.2) is 0 Å². The molecule has 0 saturated heterocycles. The Bertz CT molecular complexity index is 365. The van der Waals surface area contributed by atoms with Crippen LogP contribution >= 0.6 is 0 Å². The largest absolute Gasteiger partial charge is 0.462 e. The molecule has 0 unspecified atom stereocenters. The van der Waals surface area contributed by atoms with Crippen molar-refractivity contribution in [2.75, 3.05) is 13.2 Å². The third-order valence-corrected chi connectivity index (χ3v) is 2.60. The summed E-state index contributed by atoms with van der Waals surface area (Å²) in [7, 11) is 0. The number of hydrogen-bond donors (Lipinski definition) is 0. The minimum Gasteiger partial charge on any atom is -0.462 e. The summed E-state index contributed by atoms with van der Waals surface area (Å²) in [4.78, 5) is 24.0. The second kappa shape index (κ2) is 8.77. The monoisotopic (exact) mass is 284 g/mol. The summed E-state index contributed by atoms with van der Waals surface area (Å²) in [6.45, 7) is 13.9. The van der Waals surface area contributed by atoms with Gasteiger partial charge in [-0.25, -0.2) is 9.59 Å². The van der Waals surface area contributed by atoms with Crippen molar-refractivity contribution in [3.63, 3.8) is 0 Å². The average molecular weight is 284 g/mol. The lowest BCUT2D eigenvalue weighted by Crippen LogP contribution is -2.21. The number of carbonyl (C=O) groups excluding carboxylic acids is 2. The molecule has 4 heteroatoms. The van der Waals surface area contributed by atoms with Crippen LogP contribution in [0.25, 0.3) is 0 Å². The van der Waals surface area contributed by atoms with E-state index in [-0.39, 0.29) is 17.8 Å². The van der Waals surface area contributed by atoms with Gasteiger partial charge in [0.2, 0.25) is 0 Å². The highest BCUT2D eigenvalue weighted by atomic mass is 16.5. The molecule has 0 radical (unpaired) electrons. The molecule has 0 amide bonds. The molecular formula is C16H28O4. The van der Waals surface area contributed by atoms with E-state index in [1.165, 1.54) is 0 Å². The first-order valence-electron chi connectivity index (χ1n) is 7.21. The topological polar surface area (TPSA) is 52.6 Å². The molecule has 0 aromatic heterocycles. The van der Waals surface area contributed by atoms with Crippen LogP contribution < -0.4 is 0 Å². The molecule has 0 heterocycles. The fourth-order valence-electron chi connectivity index (χ4n) is 1.60. The Morgan fingerprint density at radius 3 is 1.55 bits per heavy atom. The highest BCUT2D eigenvalue weighted by molar-refractivity contribution is 6.00. The van der Waals surface area contributed by atoms with Gasteiger partial charge in [-0.05, 0) is 24.7 Å². The number of esters is 2. The van der Waals surface area contributed by atoms with Crippen molar-refractivity contribution in [3.05, 3.63) is 11.1 Å². The van der Waals surface area contributed by atoms with Gasteiger partial charge in [-0.15, -0.1) is 0 Å². The summed E-state index contributed by atoms with van der Waals surface area (Å²) in [5.74, 6) is -0.416. The zero-order valence-electron chi connectivity index (χ0n) is 13.8. The molecule has 0 atom stereocenters. The number of ether oxygens (including phenoxy) is 2. The lowest BCUT2D eigenvalue weighted by Gasteiger charge is -2.16. The van der Waals surface area contributed by atoms with Gasteiger partial charge in [0.25, 0.3) is 0 Å². The Kier molecular flexibility index (Phi) is 8.19. The lowest BCUT2D eigenvalue weighted by molar-refractivity contribution is -0.143. The van der Waals surface area contributed by atoms with Crippen LogP contribution in [-0.4, -0.2) is 25.2 Å². The van der Waals surface area contributed by atoms with Crippen molar-refractivity contribution < 1.29 is 19.1 Å². The first-order chi connectivity index (χ1) is 9.16. The molecule has 4 nitrogen and oxygen atoms in total. The average Bonchev–Trinajstić information content (AvgIpc) is 2.32. The second-order valence-corrected chi connectivity index (χ2v) is 6.18. The second-order valence-electron chi connectivity index (χ2n) is 6.18. The van der Waals surface area contributed by atoms with Crippen molar-refractivity contribution >= 4 is 11.9 Å². The highest BCUT2D eigenvalue weighted by Crippen LogP contribution is 2.18. The molecule has 0 saturated carbocycles. The van der Waals surface area contributed by atoms with E-state index in [0.717, 1.165) is 0 Å². The first kappa shape index (κ1) is 18.7. The number of rotatable bonds is 7. The molecule has 0 spiro atoms. The van der Waals surface area contributed by atoms with E-state index in [4.69, 9.17) is 9.47 Å². The van der Waals surface area contributed by atoms with Crippen molar-refractivity contribution in [2.45, 2.75) is 48.5 Å². The van der Waals surface area contributed by atoms with E-state index in [9.17, 15) is 9.59 Å². The van der Waals surface area contributed by atoms with Crippen molar-refractivity contribution in [2.24, 2.45) is 17.8 Å². The van der Waals surface area contributed by atoms with E-state index in [0.29, 0.717) is 24.4 Å². The predicted octanol–water partition coefficient (Wildman–Crippen LogP) is 3.36. The maximum Gasteiger partial charge on any atom is 0.334 e. The van der Waals surface area contributed by atoms with Gasteiger partial charge < -0.3 is 9.47 Å². The van der Waals surface area contributed by atoms with Crippen molar-refractivity contribution in [3.8, 4) is 0 Å². The molecule has 0 aliphatic carbocycles. The third kappa shape index (κ3) is 6.73. The minimum absolute atomic E-state index is 0.0822. The highest BCUT2D eigenvalue weighted by Gasteiger charge is 2.23. The molecule has 0 aromatic carbocycles. The molecule has 20 heavy (non-hydrogen) atoms. The van der Waals surface area contributed by atoms with E-state index in [2.05, 4.69) is 0 Å². The lowest BCUT2D eigenvalue weighted by atomic mass is 9.98. The summed E-state index contributed by atoms with van der Waals surface area (Å²) in [6, 6.07) is 0. The molecule has 0 bridgehead atoms. The molecule has 0 rings (SSSR count). The van der Waals surface area contributed by atoms with Gasteiger partial charge in [0.1, 0.15) is 0 Å². The Morgan fingerprint density at radius 1 is 0.800 bits per heavy atom. The summed E-state index contributed by atoms with van der Waals surface area (Å²) in [5, 5.41) is 0. The fraction of sp³-hybridized carbons (Fsp3) is 0.750. The zero-order chi connectivity index (χ0) is 15.9. The van der Waals surface area contributed by atoms with Crippen LogP contribution in [0, 0.1) is 17.8 Å². The van der Waals surface area contributed by atoms with Crippen LogP contribution in [-0.2, 0) is 19.1 Å². The normalized spacial score (nSPS) is 12.7. The van der Waals surface area contributed by atoms with E-state index in [1.54, 1.807) is 6.92 Å².